The lowest BCUT2D eigenvalue weighted by Gasteiger charge is -2.37. The van der Waals surface area contributed by atoms with Crippen molar-refractivity contribution in [3.05, 3.63) is 28.7 Å². The fraction of sp³-hybridized carbons (Fsp3) is 0.588. The van der Waals surface area contributed by atoms with Gasteiger partial charge in [0.1, 0.15) is 11.9 Å². The molecule has 130 valence electrons. The van der Waals surface area contributed by atoms with Crippen molar-refractivity contribution in [2.24, 2.45) is 11.7 Å². The van der Waals surface area contributed by atoms with Gasteiger partial charge in [-0.05, 0) is 54.8 Å². The van der Waals surface area contributed by atoms with Gasteiger partial charge in [0.05, 0.1) is 16.9 Å². The number of nitrogens with one attached hydrogen (secondary N) is 1. The molecular formula is C17H26BrClN2O2. The molecule has 2 rings (SSSR count). The number of hydrogen-bond donors (Lipinski definition) is 2. The van der Waals surface area contributed by atoms with Gasteiger partial charge in [0.15, 0.2) is 0 Å². The Bertz CT molecular complexity index is 525. The summed E-state index contributed by atoms with van der Waals surface area (Å²) in [5.41, 5.74) is 5.88. The second kappa shape index (κ2) is 8.90. The Balaban J connectivity index is 0.00000264. The number of halogens is 2. The van der Waals surface area contributed by atoms with Crippen LogP contribution in [-0.4, -0.2) is 24.1 Å². The highest BCUT2D eigenvalue weighted by Crippen LogP contribution is 2.31. The van der Waals surface area contributed by atoms with E-state index in [2.05, 4.69) is 21.2 Å². The van der Waals surface area contributed by atoms with Crippen molar-refractivity contribution < 1.29 is 9.53 Å². The van der Waals surface area contributed by atoms with Crippen molar-refractivity contribution >= 4 is 34.2 Å². The first kappa shape index (κ1) is 20.3. The van der Waals surface area contributed by atoms with Crippen LogP contribution >= 0.6 is 28.3 Å². The molecule has 6 heteroatoms. The van der Waals surface area contributed by atoms with Gasteiger partial charge in [-0.3, -0.25) is 4.79 Å². The average Bonchev–Trinajstić information content (AvgIpc) is 2.47. The Morgan fingerprint density at radius 2 is 2.17 bits per heavy atom. The van der Waals surface area contributed by atoms with E-state index in [1.165, 1.54) is 0 Å². The number of nitrogens with two attached hydrogens (primary N) is 1. The fourth-order valence-electron chi connectivity index (χ4n) is 2.96. The average molecular weight is 406 g/mol. The Morgan fingerprint density at radius 3 is 2.83 bits per heavy atom. The largest absolute Gasteiger partial charge is 0.488 e. The van der Waals surface area contributed by atoms with Crippen molar-refractivity contribution in [2.45, 2.75) is 51.2 Å². The minimum absolute atomic E-state index is 0. The van der Waals surface area contributed by atoms with Crippen LogP contribution in [0, 0.1) is 5.92 Å². The van der Waals surface area contributed by atoms with E-state index >= 15 is 0 Å². The molecule has 3 N–H and O–H groups in total. The molecule has 0 saturated heterocycles. The van der Waals surface area contributed by atoms with Crippen LogP contribution in [0.2, 0.25) is 0 Å². The molecule has 1 aromatic rings. The van der Waals surface area contributed by atoms with E-state index in [1.54, 1.807) is 0 Å². The van der Waals surface area contributed by atoms with E-state index in [0.29, 0.717) is 6.54 Å². The molecule has 4 nitrogen and oxygen atoms in total. The van der Waals surface area contributed by atoms with E-state index in [-0.39, 0.29) is 30.3 Å². The molecule has 0 bridgehead atoms. The summed E-state index contributed by atoms with van der Waals surface area (Å²) in [5, 5.41) is 2.99. The minimum Gasteiger partial charge on any atom is -0.488 e. The van der Waals surface area contributed by atoms with Crippen LogP contribution < -0.4 is 15.8 Å². The van der Waals surface area contributed by atoms with Gasteiger partial charge in [0.25, 0.3) is 0 Å². The van der Waals surface area contributed by atoms with Gasteiger partial charge < -0.3 is 15.8 Å². The fourth-order valence-corrected chi connectivity index (χ4v) is 3.33. The molecule has 3 atom stereocenters. The monoisotopic (exact) mass is 404 g/mol. The normalized spacial score (nSPS) is 25.1. The maximum Gasteiger partial charge on any atom is 0.225 e. The van der Waals surface area contributed by atoms with Crippen LogP contribution in [0.3, 0.4) is 0 Å². The molecular weight excluding hydrogens is 380 g/mol. The summed E-state index contributed by atoms with van der Waals surface area (Å²) in [5.74, 6) is 0.731. The van der Waals surface area contributed by atoms with Crippen LogP contribution in [0.15, 0.2) is 28.7 Å². The maximum absolute atomic E-state index is 12.4. The van der Waals surface area contributed by atoms with Gasteiger partial charge >= 0.3 is 0 Å². The quantitative estimate of drug-likeness (QED) is 0.785. The van der Waals surface area contributed by atoms with Crippen LogP contribution in [0.5, 0.6) is 5.75 Å². The third kappa shape index (κ3) is 5.66. The lowest BCUT2D eigenvalue weighted by atomic mass is 9.74. The maximum atomic E-state index is 12.4. The van der Waals surface area contributed by atoms with Gasteiger partial charge in [-0.25, -0.2) is 0 Å². The van der Waals surface area contributed by atoms with E-state index in [9.17, 15) is 4.79 Å². The zero-order valence-electron chi connectivity index (χ0n) is 13.7. The summed E-state index contributed by atoms with van der Waals surface area (Å²) in [7, 11) is 0. The van der Waals surface area contributed by atoms with Crippen molar-refractivity contribution in [1.82, 2.24) is 5.32 Å². The topological polar surface area (TPSA) is 64.4 Å². The molecule has 1 aliphatic rings. The summed E-state index contributed by atoms with van der Waals surface area (Å²) in [4.78, 5) is 12.4. The third-order valence-electron chi connectivity index (χ3n) is 4.30. The summed E-state index contributed by atoms with van der Waals surface area (Å²) in [6.07, 6.45) is 3.87. The van der Waals surface area contributed by atoms with E-state index in [0.717, 1.165) is 35.9 Å². The van der Waals surface area contributed by atoms with Crippen LogP contribution in [0.25, 0.3) is 0 Å². The second-order valence-corrected chi connectivity index (χ2v) is 7.26. The molecule has 1 aliphatic carbocycles. The molecule has 1 aromatic carbocycles. The molecule has 23 heavy (non-hydrogen) atoms. The van der Waals surface area contributed by atoms with Crippen molar-refractivity contribution in [3.63, 3.8) is 0 Å². The number of carbonyl (C=O) groups excluding carboxylic acids is 1. The molecule has 0 radical (unpaired) electrons. The Morgan fingerprint density at radius 1 is 1.48 bits per heavy atom. The summed E-state index contributed by atoms with van der Waals surface area (Å²) >= 11 is 3.45. The van der Waals surface area contributed by atoms with Gasteiger partial charge in [-0.1, -0.05) is 25.0 Å². The van der Waals surface area contributed by atoms with Crippen molar-refractivity contribution in [3.8, 4) is 5.75 Å². The SMILES string of the molecule is CC(CNC(=O)C1CCCCC1(C)N)Oc1ccccc1Br.Cl. The Labute approximate surface area is 153 Å². The zero-order valence-corrected chi connectivity index (χ0v) is 16.1. The number of benzene rings is 1. The number of ether oxygens (including phenoxy) is 1. The predicted molar refractivity (Wildman–Crippen MR) is 99.0 cm³/mol. The van der Waals surface area contributed by atoms with E-state index in [4.69, 9.17) is 10.5 Å². The number of hydrogen-bond acceptors (Lipinski definition) is 3. The van der Waals surface area contributed by atoms with Gasteiger partial charge in [0.2, 0.25) is 5.91 Å². The second-order valence-electron chi connectivity index (χ2n) is 6.41. The molecule has 3 unspecified atom stereocenters. The van der Waals surface area contributed by atoms with Gasteiger partial charge in [-0.2, -0.15) is 0 Å². The van der Waals surface area contributed by atoms with Gasteiger partial charge in [0, 0.05) is 5.54 Å². The molecule has 0 aliphatic heterocycles. The van der Waals surface area contributed by atoms with Crippen molar-refractivity contribution in [2.75, 3.05) is 6.54 Å². The highest BCUT2D eigenvalue weighted by atomic mass is 79.9. The Kier molecular flexibility index (Phi) is 7.84. The minimum atomic E-state index is -0.394. The molecule has 1 amide bonds. The molecule has 0 spiro atoms. The first-order valence-electron chi connectivity index (χ1n) is 7.88. The van der Waals surface area contributed by atoms with Crippen LogP contribution in [0.1, 0.15) is 39.5 Å². The van der Waals surface area contributed by atoms with Gasteiger partial charge in [-0.15, -0.1) is 12.4 Å². The third-order valence-corrected chi connectivity index (χ3v) is 4.95. The highest BCUT2D eigenvalue weighted by molar-refractivity contribution is 9.10. The van der Waals surface area contributed by atoms with Crippen LogP contribution in [0.4, 0.5) is 0 Å². The predicted octanol–water partition coefficient (Wildman–Crippen LogP) is 3.66. The molecule has 0 heterocycles. The standard InChI is InChI=1S/C17H25BrN2O2.ClH/c1-12(22-15-9-4-3-8-14(15)18)11-20-16(21)13-7-5-6-10-17(13,2)19;/h3-4,8-9,12-13H,5-7,10-11,19H2,1-2H3,(H,20,21);1H. The Hall–Kier alpha value is -0.780. The molecule has 1 fully saturated rings. The molecule has 1 saturated carbocycles. The molecule has 0 aromatic heterocycles. The van der Waals surface area contributed by atoms with Crippen LogP contribution in [-0.2, 0) is 4.79 Å². The zero-order chi connectivity index (χ0) is 16.2. The number of rotatable bonds is 5. The summed E-state index contributed by atoms with van der Waals surface area (Å²) in [6.45, 7) is 4.41. The smallest absolute Gasteiger partial charge is 0.225 e. The van der Waals surface area contributed by atoms with Crippen molar-refractivity contribution in [1.29, 1.82) is 0 Å². The lowest BCUT2D eigenvalue weighted by molar-refractivity contribution is -0.128. The number of carbonyl (C=O) groups is 1. The van der Waals surface area contributed by atoms with E-state index < -0.39 is 5.54 Å². The highest BCUT2D eigenvalue weighted by Gasteiger charge is 2.37. The van der Waals surface area contributed by atoms with E-state index in [1.807, 2.05) is 38.1 Å². The number of para-hydroxylation sites is 1. The first-order valence-corrected chi connectivity index (χ1v) is 8.67. The lowest BCUT2D eigenvalue weighted by Crippen LogP contribution is -2.53. The summed E-state index contributed by atoms with van der Waals surface area (Å²) in [6, 6.07) is 7.70. The summed E-state index contributed by atoms with van der Waals surface area (Å²) < 4.78 is 6.75. The number of amides is 1. The first-order chi connectivity index (χ1) is 10.4.